The number of hydrogen-bond acceptors (Lipinski definition) is 7. The number of rotatable bonds is 17. The van der Waals surface area contributed by atoms with Gasteiger partial charge in [0.15, 0.2) is 0 Å². The van der Waals surface area contributed by atoms with E-state index in [2.05, 4.69) is 16.0 Å². The van der Waals surface area contributed by atoms with Gasteiger partial charge < -0.3 is 35.2 Å². The van der Waals surface area contributed by atoms with Crippen LogP contribution in [0.15, 0.2) is 24.3 Å². The molecule has 5 N–H and O–H groups in total. The van der Waals surface area contributed by atoms with Gasteiger partial charge in [-0.2, -0.15) is 0 Å². The van der Waals surface area contributed by atoms with Crippen LogP contribution in [-0.2, 0) is 29.6 Å². The van der Waals surface area contributed by atoms with Crippen LogP contribution < -0.4 is 16.0 Å². The molecule has 198 valence electrons. The molecule has 0 spiro atoms. The van der Waals surface area contributed by atoms with Gasteiger partial charge in [0.1, 0.15) is 12.2 Å². The van der Waals surface area contributed by atoms with Gasteiger partial charge in [0, 0.05) is 11.6 Å². The molecule has 13 heteroatoms. The van der Waals surface area contributed by atoms with Crippen molar-refractivity contribution < 1.29 is 38.2 Å². The number of halogens is 1. The summed E-state index contributed by atoms with van der Waals surface area (Å²) in [6, 6.07) is 5.33. The highest BCUT2D eigenvalue weighted by atomic mass is 35.5. The van der Waals surface area contributed by atoms with Gasteiger partial charge >= 0.3 is 13.7 Å². The Morgan fingerprint density at radius 2 is 1.69 bits per heavy atom. The summed E-state index contributed by atoms with van der Waals surface area (Å²) < 4.78 is 22.6. The Bertz CT molecular complexity index is 846. The van der Waals surface area contributed by atoms with Crippen LogP contribution in [0, 0.1) is 0 Å². The monoisotopic (exact) mass is 535 g/mol. The molecule has 1 aromatic rings. The van der Waals surface area contributed by atoms with Crippen LogP contribution in [0.4, 0.5) is 4.79 Å². The SMILES string of the molecule is CCOP(=O)(CC(=O)NCCCCC(NC(=O)O)C(=O)N[C@H](CO)Cc1ccc(Cl)cc1)OCC. The third-order valence-corrected chi connectivity index (χ3v) is 7.04. The molecule has 0 heterocycles. The van der Waals surface area contributed by atoms with Crippen molar-refractivity contribution >= 4 is 37.1 Å². The fraction of sp³-hybridized carbons (Fsp3) is 0.591. The summed E-state index contributed by atoms with van der Waals surface area (Å²) >= 11 is 5.87. The number of carbonyl (C=O) groups excluding carboxylic acids is 2. The van der Waals surface area contributed by atoms with Gasteiger partial charge in [-0.05, 0) is 57.2 Å². The quantitative estimate of drug-likeness (QED) is 0.150. The molecule has 0 aliphatic carbocycles. The summed E-state index contributed by atoms with van der Waals surface area (Å²) in [6.07, 6.45) is -0.329. The molecule has 0 bridgehead atoms. The van der Waals surface area contributed by atoms with Crippen LogP contribution in [0.3, 0.4) is 0 Å². The first-order valence-electron chi connectivity index (χ1n) is 11.4. The normalized spacial score (nSPS) is 13.0. The molecule has 1 unspecified atom stereocenters. The van der Waals surface area contributed by atoms with Crippen LogP contribution in [0.25, 0.3) is 0 Å². The van der Waals surface area contributed by atoms with Gasteiger partial charge in [0.2, 0.25) is 11.8 Å². The Labute approximate surface area is 210 Å². The van der Waals surface area contributed by atoms with E-state index >= 15 is 0 Å². The van der Waals surface area contributed by atoms with Crippen LogP contribution in [0.1, 0.15) is 38.7 Å². The largest absolute Gasteiger partial charge is 0.465 e. The number of aliphatic hydroxyl groups excluding tert-OH is 1. The second-order valence-electron chi connectivity index (χ2n) is 7.67. The molecule has 1 rings (SSSR count). The highest BCUT2D eigenvalue weighted by Gasteiger charge is 2.27. The van der Waals surface area contributed by atoms with E-state index in [4.69, 9.17) is 25.8 Å². The summed E-state index contributed by atoms with van der Waals surface area (Å²) in [5, 5.41) is 26.8. The minimum Gasteiger partial charge on any atom is -0.465 e. The maximum absolute atomic E-state index is 12.6. The lowest BCUT2D eigenvalue weighted by Crippen LogP contribution is -2.50. The summed E-state index contributed by atoms with van der Waals surface area (Å²) in [5.41, 5.74) is 0.852. The van der Waals surface area contributed by atoms with Crippen molar-refractivity contribution in [3.63, 3.8) is 0 Å². The molecule has 11 nitrogen and oxygen atoms in total. The molecule has 0 fully saturated rings. The van der Waals surface area contributed by atoms with Crippen molar-refractivity contribution in [2.24, 2.45) is 0 Å². The third kappa shape index (κ3) is 12.9. The topological polar surface area (TPSA) is 163 Å². The Morgan fingerprint density at radius 1 is 1.06 bits per heavy atom. The number of amides is 3. The zero-order chi connectivity index (χ0) is 26.3. The van der Waals surface area contributed by atoms with Crippen molar-refractivity contribution in [3.05, 3.63) is 34.9 Å². The molecule has 0 aliphatic heterocycles. The molecule has 2 atom stereocenters. The first-order chi connectivity index (χ1) is 16.6. The second-order valence-corrected chi connectivity index (χ2v) is 10.2. The molecule has 35 heavy (non-hydrogen) atoms. The summed E-state index contributed by atoms with van der Waals surface area (Å²) in [7, 11) is -3.49. The molecular weight excluding hydrogens is 501 g/mol. The van der Waals surface area contributed by atoms with Gasteiger partial charge in [-0.3, -0.25) is 14.2 Å². The highest BCUT2D eigenvalue weighted by molar-refractivity contribution is 7.54. The zero-order valence-corrected chi connectivity index (χ0v) is 21.6. The standard InChI is InChI=1S/C22H35ClN3O8P/c1-3-33-35(32,34-4-2)15-20(28)24-12-6-5-7-19(26-22(30)31)21(29)25-18(14-27)13-16-8-10-17(23)11-9-16/h8-11,18-19,26-27H,3-7,12-15H2,1-2H3,(H,24,28)(H,25,29)(H,30,31)/t18-,19?/m0/s1. The van der Waals surface area contributed by atoms with E-state index < -0.39 is 43.7 Å². The van der Waals surface area contributed by atoms with Gasteiger partial charge in [-0.15, -0.1) is 0 Å². The van der Waals surface area contributed by atoms with Crippen molar-refractivity contribution in [1.82, 2.24) is 16.0 Å². The van der Waals surface area contributed by atoms with Crippen LogP contribution in [-0.4, -0.2) is 72.7 Å². The van der Waals surface area contributed by atoms with E-state index in [0.29, 0.717) is 24.3 Å². The molecule has 3 amide bonds. The van der Waals surface area contributed by atoms with E-state index in [1.807, 2.05) is 0 Å². The Kier molecular flexibility index (Phi) is 14.5. The minimum absolute atomic E-state index is 0.154. The summed E-state index contributed by atoms with van der Waals surface area (Å²) in [5.74, 6) is -1.04. The number of aliphatic hydroxyl groups is 1. The first kappa shape index (κ1) is 30.9. The number of carboxylic acid groups (broad SMARTS) is 1. The average molecular weight is 536 g/mol. The Balaban J connectivity index is 2.52. The molecule has 0 saturated carbocycles. The lowest BCUT2D eigenvalue weighted by atomic mass is 10.0. The number of benzene rings is 1. The van der Waals surface area contributed by atoms with E-state index in [0.717, 1.165) is 5.56 Å². The third-order valence-electron chi connectivity index (χ3n) is 4.81. The van der Waals surface area contributed by atoms with Gasteiger partial charge in [0.05, 0.1) is 25.9 Å². The zero-order valence-electron chi connectivity index (χ0n) is 20.0. The van der Waals surface area contributed by atoms with E-state index in [1.165, 1.54) is 0 Å². The number of unbranched alkanes of at least 4 members (excludes halogenated alkanes) is 1. The van der Waals surface area contributed by atoms with E-state index in [-0.39, 0.29) is 32.8 Å². The lowest BCUT2D eigenvalue weighted by Gasteiger charge is -2.22. The smallest absolute Gasteiger partial charge is 0.405 e. The summed E-state index contributed by atoms with van der Waals surface area (Å²) in [6.45, 7) is 3.54. The van der Waals surface area contributed by atoms with Gasteiger partial charge in [-0.1, -0.05) is 23.7 Å². The van der Waals surface area contributed by atoms with Crippen molar-refractivity contribution in [1.29, 1.82) is 0 Å². The summed E-state index contributed by atoms with van der Waals surface area (Å²) in [4.78, 5) is 35.8. The average Bonchev–Trinajstić information content (AvgIpc) is 2.78. The van der Waals surface area contributed by atoms with E-state index in [9.17, 15) is 24.1 Å². The van der Waals surface area contributed by atoms with Gasteiger partial charge in [-0.25, -0.2) is 4.79 Å². The Hall–Kier alpha value is -2.17. The lowest BCUT2D eigenvalue weighted by molar-refractivity contribution is -0.124. The number of hydrogen-bond donors (Lipinski definition) is 5. The molecule has 0 radical (unpaired) electrons. The van der Waals surface area contributed by atoms with Crippen LogP contribution >= 0.6 is 19.2 Å². The number of nitrogens with one attached hydrogen (secondary N) is 3. The maximum atomic E-state index is 12.6. The predicted octanol–water partition coefficient (Wildman–Crippen LogP) is 2.55. The molecule has 0 aromatic heterocycles. The van der Waals surface area contributed by atoms with Crippen molar-refractivity contribution in [3.8, 4) is 0 Å². The minimum atomic E-state index is -3.49. The molecule has 0 aliphatic rings. The highest BCUT2D eigenvalue weighted by Crippen LogP contribution is 2.47. The van der Waals surface area contributed by atoms with Crippen LogP contribution in [0.2, 0.25) is 5.02 Å². The first-order valence-corrected chi connectivity index (χ1v) is 13.5. The number of carbonyl (C=O) groups is 3. The molecule has 0 saturated heterocycles. The Morgan fingerprint density at radius 3 is 2.23 bits per heavy atom. The van der Waals surface area contributed by atoms with Crippen molar-refractivity contribution in [2.45, 2.75) is 51.6 Å². The predicted molar refractivity (Wildman–Crippen MR) is 132 cm³/mol. The van der Waals surface area contributed by atoms with E-state index in [1.54, 1.807) is 38.1 Å². The fourth-order valence-electron chi connectivity index (χ4n) is 3.24. The second kappa shape index (κ2) is 16.5. The van der Waals surface area contributed by atoms with Gasteiger partial charge in [0.25, 0.3) is 0 Å². The molecular formula is C22H35ClN3O8P. The van der Waals surface area contributed by atoms with Crippen LogP contribution in [0.5, 0.6) is 0 Å². The molecule has 1 aromatic carbocycles. The fourth-order valence-corrected chi connectivity index (χ4v) is 4.87. The van der Waals surface area contributed by atoms with Crippen molar-refractivity contribution in [2.75, 3.05) is 32.5 Å². The maximum Gasteiger partial charge on any atom is 0.405 e.